The van der Waals surface area contributed by atoms with Gasteiger partial charge in [-0.1, -0.05) is 20.8 Å². The fourth-order valence-corrected chi connectivity index (χ4v) is 1.20. The van der Waals surface area contributed by atoms with Crippen LogP contribution < -0.4 is 5.73 Å². The molecular formula is C11H15NO2. The van der Waals surface area contributed by atoms with Crippen LogP contribution >= 0.6 is 0 Å². The van der Waals surface area contributed by atoms with Crippen LogP contribution in [0.4, 0.5) is 5.69 Å². The number of phenolic OH excluding ortho intramolecular Hbond substituents is 1. The number of rotatable bonds is 1. The van der Waals surface area contributed by atoms with Crippen molar-refractivity contribution in [3.63, 3.8) is 0 Å². The van der Waals surface area contributed by atoms with Crippen molar-refractivity contribution < 1.29 is 9.90 Å². The molecule has 0 spiro atoms. The SMILES string of the molecule is CC(C)(C)c1cc(N)c(O)c(C=O)c1. The standard InChI is InChI=1S/C11H15NO2/c1-11(2,3)8-4-7(6-13)10(14)9(12)5-8/h4-6,14H,12H2,1-3H3. The fourth-order valence-electron chi connectivity index (χ4n) is 1.20. The van der Waals surface area contributed by atoms with Crippen molar-refractivity contribution >= 4 is 12.0 Å². The van der Waals surface area contributed by atoms with E-state index in [2.05, 4.69) is 0 Å². The third-order valence-corrected chi connectivity index (χ3v) is 2.16. The van der Waals surface area contributed by atoms with E-state index in [1.165, 1.54) is 0 Å². The average molecular weight is 193 g/mol. The van der Waals surface area contributed by atoms with Gasteiger partial charge in [0.2, 0.25) is 0 Å². The highest BCUT2D eigenvalue weighted by atomic mass is 16.3. The van der Waals surface area contributed by atoms with Gasteiger partial charge in [-0.2, -0.15) is 0 Å². The van der Waals surface area contributed by atoms with Gasteiger partial charge in [0.05, 0.1) is 11.3 Å². The second kappa shape index (κ2) is 3.33. The second-order valence-electron chi connectivity index (χ2n) is 4.37. The Morgan fingerprint density at radius 1 is 1.36 bits per heavy atom. The number of aldehydes is 1. The van der Waals surface area contributed by atoms with E-state index in [0.29, 0.717) is 6.29 Å². The topological polar surface area (TPSA) is 63.3 Å². The molecule has 1 aromatic rings. The minimum Gasteiger partial charge on any atom is -0.505 e. The third kappa shape index (κ3) is 1.87. The zero-order valence-electron chi connectivity index (χ0n) is 8.66. The summed E-state index contributed by atoms with van der Waals surface area (Å²) in [5.41, 5.74) is 6.94. The van der Waals surface area contributed by atoms with Gasteiger partial charge in [-0.3, -0.25) is 4.79 Å². The normalized spacial score (nSPS) is 11.4. The quantitative estimate of drug-likeness (QED) is 0.408. The smallest absolute Gasteiger partial charge is 0.153 e. The van der Waals surface area contributed by atoms with Crippen LogP contribution in [0.1, 0.15) is 36.7 Å². The molecule has 0 heterocycles. The molecule has 1 aromatic carbocycles. The number of carbonyl (C=O) groups excluding carboxylic acids is 1. The van der Waals surface area contributed by atoms with Crippen LogP contribution in [0.3, 0.4) is 0 Å². The van der Waals surface area contributed by atoms with Crippen molar-refractivity contribution in [3.05, 3.63) is 23.3 Å². The Bertz CT molecular complexity index is 364. The molecule has 0 atom stereocenters. The summed E-state index contributed by atoms with van der Waals surface area (Å²) < 4.78 is 0. The monoisotopic (exact) mass is 193 g/mol. The number of nitrogens with two attached hydrogens (primary N) is 1. The Hall–Kier alpha value is -1.51. The van der Waals surface area contributed by atoms with E-state index in [1.54, 1.807) is 12.1 Å². The first-order valence-electron chi connectivity index (χ1n) is 4.44. The summed E-state index contributed by atoms with van der Waals surface area (Å²) in [6.45, 7) is 6.06. The molecule has 3 heteroatoms. The molecule has 0 bridgehead atoms. The molecule has 3 N–H and O–H groups in total. The van der Waals surface area contributed by atoms with Gasteiger partial charge in [0, 0.05) is 0 Å². The maximum Gasteiger partial charge on any atom is 0.153 e. The molecule has 0 saturated carbocycles. The lowest BCUT2D eigenvalue weighted by atomic mass is 9.85. The highest BCUT2D eigenvalue weighted by Crippen LogP contribution is 2.31. The van der Waals surface area contributed by atoms with E-state index in [1.807, 2.05) is 20.8 Å². The molecule has 0 fully saturated rings. The van der Waals surface area contributed by atoms with E-state index in [4.69, 9.17) is 5.73 Å². The Morgan fingerprint density at radius 2 is 1.93 bits per heavy atom. The molecule has 0 aliphatic heterocycles. The van der Waals surface area contributed by atoms with Gasteiger partial charge in [-0.15, -0.1) is 0 Å². The summed E-state index contributed by atoms with van der Waals surface area (Å²) in [6.07, 6.45) is 0.612. The predicted molar refractivity (Wildman–Crippen MR) is 56.6 cm³/mol. The molecule has 0 saturated heterocycles. The van der Waals surface area contributed by atoms with Crippen LogP contribution in [0.5, 0.6) is 5.75 Å². The van der Waals surface area contributed by atoms with Crippen molar-refractivity contribution in [2.75, 3.05) is 5.73 Å². The van der Waals surface area contributed by atoms with Gasteiger partial charge in [0.25, 0.3) is 0 Å². The largest absolute Gasteiger partial charge is 0.505 e. The lowest BCUT2D eigenvalue weighted by molar-refractivity contribution is 0.112. The van der Waals surface area contributed by atoms with Crippen molar-refractivity contribution in [3.8, 4) is 5.75 Å². The van der Waals surface area contributed by atoms with E-state index < -0.39 is 0 Å². The number of nitrogen functional groups attached to an aromatic ring is 1. The van der Waals surface area contributed by atoms with Crippen LogP contribution in [0, 0.1) is 0 Å². The molecular weight excluding hydrogens is 178 g/mol. The van der Waals surface area contributed by atoms with E-state index in [9.17, 15) is 9.90 Å². The zero-order chi connectivity index (χ0) is 10.9. The number of anilines is 1. The number of hydrogen-bond donors (Lipinski definition) is 2. The number of carbonyl (C=O) groups is 1. The first kappa shape index (κ1) is 10.6. The molecule has 76 valence electrons. The molecule has 14 heavy (non-hydrogen) atoms. The van der Waals surface area contributed by atoms with Gasteiger partial charge in [-0.05, 0) is 23.1 Å². The predicted octanol–water partition coefficient (Wildman–Crippen LogP) is 2.08. The van der Waals surface area contributed by atoms with Gasteiger partial charge in [0.15, 0.2) is 6.29 Å². The molecule has 0 radical (unpaired) electrons. The first-order valence-corrected chi connectivity index (χ1v) is 4.44. The summed E-state index contributed by atoms with van der Waals surface area (Å²) in [5, 5.41) is 9.43. The Labute approximate surface area is 83.6 Å². The minimum absolute atomic E-state index is 0.0837. The highest BCUT2D eigenvalue weighted by Gasteiger charge is 2.17. The van der Waals surface area contributed by atoms with Crippen LogP contribution in [0.15, 0.2) is 12.1 Å². The fraction of sp³-hybridized carbons (Fsp3) is 0.364. The minimum atomic E-state index is -0.131. The Balaban J connectivity index is 3.37. The van der Waals surface area contributed by atoms with Crippen molar-refractivity contribution in [1.82, 2.24) is 0 Å². The number of hydrogen-bond acceptors (Lipinski definition) is 3. The van der Waals surface area contributed by atoms with Crippen LogP contribution in [-0.4, -0.2) is 11.4 Å². The third-order valence-electron chi connectivity index (χ3n) is 2.16. The van der Waals surface area contributed by atoms with Gasteiger partial charge >= 0.3 is 0 Å². The van der Waals surface area contributed by atoms with Gasteiger partial charge < -0.3 is 10.8 Å². The van der Waals surface area contributed by atoms with Crippen LogP contribution in [0.25, 0.3) is 0 Å². The maximum atomic E-state index is 10.6. The first-order chi connectivity index (χ1) is 6.36. The van der Waals surface area contributed by atoms with Gasteiger partial charge in [-0.25, -0.2) is 0 Å². The Morgan fingerprint density at radius 3 is 2.36 bits per heavy atom. The Kier molecular flexibility index (Phi) is 2.51. The van der Waals surface area contributed by atoms with E-state index in [-0.39, 0.29) is 22.4 Å². The molecule has 3 nitrogen and oxygen atoms in total. The molecule has 0 aliphatic carbocycles. The van der Waals surface area contributed by atoms with Crippen LogP contribution in [0.2, 0.25) is 0 Å². The number of aromatic hydroxyl groups is 1. The van der Waals surface area contributed by atoms with E-state index in [0.717, 1.165) is 5.56 Å². The molecule has 0 amide bonds. The van der Waals surface area contributed by atoms with Crippen molar-refractivity contribution in [1.29, 1.82) is 0 Å². The summed E-state index contributed by atoms with van der Waals surface area (Å²) >= 11 is 0. The lowest BCUT2D eigenvalue weighted by Crippen LogP contribution is -2.12. The van der Waals surface area contributed by atoms with E-state index >= 15 is 0 Å². The second-order valence-corrected chi connectivity index (χ2v) is 4.37. The molecule has 1 rings (SSSR count). The summed E-state index contributed by atoms with van der Waals surface area (Å²) in [6, 6.07) is 3.36. The van der Waals surface area contributed by atoms with Crippen molar-refractivity contribution in [2.45, 2.75) is 26.2 Å². The maximum absolute atomic E-state index is 10.6. The lowest BCUT2D eigenvalue weighted by Gasteiger charge is -2.20. The number of benzene rings is 1. The zero-order valence-corrected chi connectivity index (χ0v) is 8.66. The molecule has 0 unspecified atom stereocenters. The summed E-state index contributed by atoms with van der Waals surface area (Å²) in [5.74, 6) is -0.131. The molecule has 0 aliphatic rings. The molecule has 0 aromatic heterocycles. The van der Waals surface area contributed by atoms with Crippen LogP contribution in [-0.2, 0) is 5.41 Å². The summed E-state index contributed by atoms with van der Waals surface area (Å²) in [7, 11) is 0. The highest BCUT2D eigenvalue weighted by molar-refractivity contribution is 5.83. The number of phenols is 1. The summed E-state index contributed by atoms with van der Waals surface area (Å²) in [4.78, 5) is 10.6. The van der Waals surface area contributed by atoms with Gasteiger partial charge in [0.1, 0.15) is 5.75 Å². The van der Waals surface area contributed by atoms with Crippen molar-refractivity contribution in [2.24, 2.45) is 0 Å². The average Bonchev–Trinajstić information content (AvgIpc) is 2.07.